The van der Waals surface area contributed by atoms with E-state index in [-0.39, 0.29) is 5.82 Å². The highest BCUT2D eigenvalue weighted by atomic mass is 19.1. The van der Waals surface area contributed by atoms with E-state index in [0.29, 0.717) is 12.3 Å². The molecule has 0 heterocycles. The van der Waals surface area contributed by atoms with Gasteiger partial charge in [-0.25, -0.2) is 4.39 Å². The van der Waals surface area contributed by atoms with Gasteiger partial charge in [0, 0.05) is 6.42 Å². The highest BCUT2D eigenvalue weighted by Crippen LogP contribution is 2.19. The van der Waals surface area contributed by atoms with Crippen LogP contribution in [0.4, 0.5) is 4.39 Å². The van der Waals surface area contributed by atoms with Gasteiger partial charge < -0.3 is 0 Å². The second-order valence-corrected chi connectivity index (χ2v) is 5.69. The molecule has 0 spiro atoms. The first kappa shape index (κ1) is 14.8. The van der Waals surface area contributed by atoms with Crippen molar-refractivity contribution in [3.05, 3.63) is 71.0 Å². The summed E-state index contributed by atoms with van der Waals surface area (Å²) in [6, 6.07) is 15.7. The van der Waals surface area contributed by atoms with Crippen molar-refractivity contribution in [2.24, 2.45) is 5.92 Å². The molecule has 2 aromatic rings. The molecule has 2 aromatic carbocycles. The van der Waals surface area contributed by atoms with Gasteiger partial charge >= 0.3 is 0 Å². The summed E-state index contributed by atoms with van der Waals surface area (Å²) >= 11 is 0. The lowest BCUT2D eigenvalue weighted by molar-refractivity contribution is 0.521. The third-order valence-electron chi connectivity index (χ3n) is 3.71. The molecule has 0 fully saturated rings. The molecular formula is C19H23F. The second-order valence-electron chi connectivity index (χ2n) is 5.69. The van der Waals surface area contributed by atoms with Gasteiger partial charge in [-0.15, -0.1) is 0 Å². The minimum Gasteiger partial charge on any atom is -0.207 e. The molecule has 0 amide bonds. The van der Waals surface area contributed by atoms with Crippen LogP contribution >= 0.6 is 0 Å². The zero-order valence-corrected chi connectivity index (χ0v) is 12.4. The predicted octanol–water partition coefficient (Wildman–Crippen LogP) is 5.40. The van der Waals surface area contributed by atoms with Crippen molar-refractivity contribution in [2.75, 3.05) is 0 Å². The van der Waals surface area contributed by atoms with Gasteiger partial charge in [0.1, 0.15) is 5.82 Å². The van der Waals surface area contributed by atoms with E-state index in [1.54, 1.807) is 6.07 Å². The Morgan fingerprint density at radius 1 is 1.00 bits per heavy atom. The van der Waals surface area contributed by atoms with Gasteiger partial charge in [0.05, 0.1) is 0 Å². The highest BCUT2D eigenvalue weighted by molar-refractivity contribution is 5.31. The maximum atomic E-state index is 13.9. The van der Waals surface area contributed by atoms with Crippen molar-refractivity contribution in [1.82, 2.24) is 0 Å². The van der Waals surface area contributed by atoms with E-state index in [1.807, 2.05) is 42.5 Å². The highest BCUT2D eigenvalue weighted by Gasteiger charge is 2.07. The van der Waals surface area contributed by atoms with Crippen LogP contribution in [-0.2, 0) is 12.8 Å². The van der Waals surface area contributed by atoms with Crippen LogP contribution in [0.15, 0.2) is 48.5 Å². The Morgan fingerprint density at radius 2 is 1.75 bits per heavy atom. The minimum atomic E-state index is -0.0965. The zero-order valence-electron chi connectivity index (χ0n) is 12.4. The number of halogens is 1. The molecule has 0 bridgehead atoms. The maximum absolute atomic E-state index is 13.9. The van der Waals surface area contributed by atoms with Gasteiger partial charge in [-0.2, -0.15) is 0 Å². The Bertz CT molecular complexity index is 531. The van der Waals surface area contributed by atoms with Gasteiger partial charge in [0.2, 0.25) is 0 Å². The van der Waals surface area contributed by atoms with E-state index < -0.39 is 0 Å². The molecule has 1 heteroatoms. The second kappa shape index (κ2) is 7.23. The Kier molecular flexibility index (Phi) is 5.34. The number of benzene rings is 2. The summed E-state index contributed by atoms with van der Waals surface area (Å²) in [5.74, 6) is 0.566. The topological polar surface area (TPSA) is 0 Å². The van der Waals surface area contributed by atoms with Crippen LogP contribution in [0, 0.1) is 11.7 Å². The normalized spacial score (nSPS) is 12.3. The van der Waals surface area contributed by atoms with E-state index >= 15 is 0 Å². The summed E-state index contributed by atoms with van der Waals surface area (Å²) in [4.78, 5) is 0. The average Bonchev–Trinajstić information content (AvgIpc) is 2.44. The van der Waals surface area contributed by atoms with Crippen LogP contribution in [0.5, 0.6) is 0 Å². The standard InChI is InChI=1S/C19H23F/c1-3-7-15(2)12-17-10-11-19(20)18(14-17)13-16-8-5-4-6-9-16/h4-6,8-11,14-15H,3,7,12-13H2,1-2H3. The van der Waals surface area contributed by atoms with Crippen LogP contribution in [0.2, 0.25) is 0 Å². The SMILES string of the molecule is CCCC(C)Cc1ccc(F)c(Cc2ccccc2)c1. The number of hydrogen-bond acceptors (Lipinski definition) is 0. The fourth-order valence-electron chi connectivity index (χ4n) is 2.70. The quantitative estimate of drug-likeness (QED) is 0.659. The summed E-state index contributed by atoms with van der Waals surface area (Å²) in [6.45, 7) is 4.48. The molecule has 0 radical (unpaired) electrons. The molecule has 2 rings (SSSR count). The molecular weight excluding hydrogens is 247 g/mol. The first-order valence-electron chi connectivity index (χ1n) is 7.50. The van der Waals surface area contributed by atoms with Crippen molar-refractivity contribution in [3.63, 3.8) is 0 Å². The van der Waals surface area contributed by atoms with Crippen LogP contribution in [0.1, 0.15) is 43.4 Å². The summed E-state index contributed by atoms with van der Waals surface area (Å²) < 4.78 is 13.9. The van der Waals surface area contributed by atoms with E-state index in [1.165, 1.54) is 18.4 Å². The molecule has 0 aliphatic carbocycles. The molecule has 0 aliphatic rings. The molecule has 1 atom stereocenters. The zero-order chi connectivity index (χ0) is 14.4. The summed E-state index contributed by atoms with van der Waals surface area (Å²) in [7, 11) is 0. The molecule has 0 saturated heterocycles. The first-order chi connectivity index (χ1) is 9.69. The van der Waals surface area contributed by atoms with Crippen LogP contribution in [0.25, 0.3) is 0 Å². The van der Waals surface area contributed by atoms with Crippen molar-refractivity contribution in [2.45, 2.75) is 39.5 Å². The number of hydrogen-bond donors (Lipinski definition) is 0. The lowest BCUT2D eigenvalue weighted by atomic mass is 9.94. The molecule has 0 saturated carbocycles. The Morgan fingerprint density at radius 3 is 2.45 bits per heavy atom. The van der Waals surface area contributed by atoms with E-state index in [9.17, 15) is 4.39 Å². The van der Waals surface area contributed by atoms with Gasteiger partial charge in [-0.1, -0.05) is 69.2 Å². The third-order valence-corrected chi connectivity index (χ3v) is 3.71. The molecule has 0 aliphatic heterocycles. The fourth-order valence-corrected chi connectivity index (χ4v) is 2.70. The molecule has 106 valence electrons. The van der Waals surface area contributed by atoms with Crippen molar-refractivity contribution in [1.29, 1.82) is 0 Å². The Hall–Kier alpha value is -1.63. The van der Waals surface area contributed by atoms with Crippen LogP contribution < -0.4 is 0 Å². The lowest BCUT2D eigenvalue weighted by Crippen LogP contribution is -2.01. The van der Waals surface area contributed by atoms with Crippen molar-refractivity contribution in [3.8, 4) is 0 Å². The third kappa shape index (κ3) is 4.19. The van der Waals surface area contributed by atoms with E-state index in [0.717, 1.165) is 17.5 Å². The predicted molar refractivity (Wildman–Crippen MR) is 83.4 cm³/mol. The number of rotatable bonds is 6. The first-order valence-corrected chi connectivity index (χ1v) is 7.50. The van der Waals surface area contributed by atoms with Gasteiger partial charge in [-0.05, 0) is 35.1 Å². The largest absolute Gasteiger partial charge is 0.207 e. The molecule has 0 N–H and O–H groups in total. The fraction of sp³-hybridized carbons (Fsp3) is 0.368. The van der Waals surface area contributed by atoms with Crippen LogP contribution in [-0.4, -0.2) is 0 Å². The monoisotopic (exact) mass is 270 g/mol. The Balaban J connectivity index is 2.12. The smallest absolute Gasteiger partial charge is 0.126 e. The molecule has 0 nitrogen and oxygen atoms in total. The summed E-state index contributed by atoms with van der Waals surface area (Å²) in [5, 5.41) is 0. The summed E-state index contributed by atoms with van der Waals surface area (Å²) in [5.41, 5.74) is 3.21. The average molecular weight is 270 g/mol. The van der Waals surface area contributed by atoms with E-state index in [4.69, 9.17) is 0 Å². The van der Waals surface area contributed by atoms with Crippen molar-refractivity contribution < 1.29 is 4.39 Å². The van der Waals surface area contributed by atoms with Crippen LogP contribution in [0.3, 0.4) is 0 Å². The molecule has 0 aromatic heterocycles. The lowest BCUT2D eigenvalue weighted by Gasteiger charge is -2.12. The summed E-state index contributed by atoms with van der Waals surface area (Å²) in [6.07, 6.45) is 4.14. The van der Waals surface area contributed by atoms with E-state index in [2.05, 4.69) is 13.8 Å². The molecule has 20 heavy (non-hydrogen) atoms. The maximum Gasteiger partial charge on any atom is 0.126 e. The molecule has 1 unspecified atom stereocenters. The van der Waals surface area contributed by atoms with Gasteiger partial charge in [0.25, 0.3) is 0 Å². The van der Waals surface area contributed by atoms with Gasteiger partial charge in [0.15, 0.2) is 0 Å². The van der Waals surface area contributed by atoms with Crippen molar-refractivity contribution >= 4 is 0 Å². The van der Waals surface area contributed by atoms with Gasteiger partial charge in [-0.3, -0.25) is 0 Å². The minimum absolute atomic E-state index is 0.0965. The Labute approximate surface area is 121 Å².